The van der Waals surface area contributed by atoms with E-state index in [1.165, 1.54) is 42.3 Å². The van der Waals surface area contributed by atoms with E-state index in [9.17, 15) is 13.2 Å². The Morgan fingerprint density at radius 3 is 2.67 bits per heavy atom. The topological polar surface area (TPSA) is 97.8 Å². The number of anilines is 2. The molecule has 10 heteroatoms. The molecule has 0 bridgehead atoms. The molecule has 2 heterocycles. The molecule has 1 aliphatic heterocycles. The van der Waals surface area contributed by atoms with Gasteiger partial charge in [-0.3, -0.25) is 14.4 Å². The van der Waals surface area contributed by atoms with Crippen molar-refractivity contribution >= 4 is 39.0 Å². The molecule has 0 unspecified atom stereocenters. The zero-order chi connectivity index (χ0) is 21.5. The lowest BCUT2D eigenvalue weighted by atomic mass is 10.2. The summed E-state index contributed by atoms with van der Waals surface area (Å²) in [4.78, 5) is 18.3. The summed E-state index contributed by atoms with van der Waals surface area (Å²) in [6.07, 6.45) is 1.54. The first-order valence-electron chi connectivity index (χ1n) is 8.71. The lowest BCUT2D eigenvalue weighted by Crippen LogP contribution is -2.26. The number of hydrogen-bond donors (Lipinski definition) is 1. The molecule has 0 saturated carbocycles. The van der Waals surface area contributed by atoms with Gasteiger partial charge >= 0.3 is 0 Å². The van der Waals surface area contributed by atoms with Crippen LogP contribution in [0, 0.1) is 0 Å². The van der Waals surface area contributed by atoms with Gasteiger partial charge in [-0.25, -0.2) is 13.4 Å². The van der Waals surface area contributed by atoms with Crippen LogP contribution in [0.1, 0.15) is 10.4 Å². The first-order valence-corrected chi connectivity index (χ1v) is 10.6. The number of fused-ring (bicyclic) bond motifs is 2. The number of hydrogen-bond acceptors (Lipinski definition) is 6. The summed E-state index contributed by atoms with van der Waals surface area (Å²) in [7, 11) is -0.985. The van der Waals surface area contributed by atoms with Crippen molar-refractivity contribution in [1.82, 2.24) is 4.98 Å². The minimum Gasteiger partial charge on any atom is -0.495 e. The zero-order valence-corrected chi connectivity index (χ0v) is 17.5. The number of aromatic nitrogens is 1. The van der Waals surface area contributed by atoms with E-state index in [4.69, 9.17) is 21.1 Å². The summed E-state index contributed by atoms with van der Waals surface area (Å²) in [5, 5.41) is 0.259. The molecule has 4 rings (SSSR count). The maximum absolute atomic E-state index is 12.9. The molecule has 0 spiro atoms. The number of ether oxygens (including phenoxy) is 2. The summed E-state index contributed by atoms with van der Waals surface area (Å²) in [6.45, 7) is 0. The number of rotatable bonds is 4. The second kappa shape index (κ2) is 7.51. The van der Waals surface area contributed by atoms with Crippen LogP contribution in [0.5, 0.6) is 17.2 Å². The molecule has 0 radical (unpaired) electrons. The Bertz CT molecular complexity index is 1260. The van der Waals surface area contributed by atoms with Crippen molar-refractivity contribution in [2.24, 2.45) is 0 Å². The third-order valence-electron chi connectivity index (χ3n) is 4.49. The van der Waals surface area contributed by atoms with Gasteiger partial charge in [0.05, 0.1) is 28.3 Å². The van der Waals surface area contributed by atoms with Crippen LogP contribution in [0.2, 0.25) is 5.02 Å². The van der Waals surface area contributed by atoms with Crippen molar-refractivity contribution in [2.45, 2.75) is 4.90 Å². The highest BCUT2D eigenvalue weighted by atomic mass is 35.5. The molecular formula is C20H16ClN3O5S. The van der Waals surface area contributed by atoms with E-state index in [2.05, 4.69) is 9.71 Å². The van der Waals surface area contributed by atoms with Crippen LogP contribution >= 0.6 is 11.6 Å². The van der Waals surface area contributed by atoms with Gasteiger partial charge in [0.2, 0.25) is 0 Å². The minimum atomic E-state index is -3.99. The third-order valence-corrected chi connectivity index (χ3v) is 6.16. The first-order chi connectivity index (χ1) is 14.3. The van der Waals surface area contributed by atoms with E-state index in [1.807, 2.05) is 0 Å². The number of halogens is 1. The Labute approximate surface area is 178 Å². The van der Waals surface area contributed by atoms with Crippen LogP contribution in [0.4, 0.5) is 11.5 Å². The Kier molecular flexibility index (Phi) is 5.00. The van der Waals surface area contributed by atoms with E-state index in [-0.39, 0.29) is 26.9 Å². The lowest BCUT2D eigenvalue weighted by molar-refractivity contribution is 0.0992. The number of methoxy groups -OCH3 is 1. The van der Waals surface area contributed by atoms with Crippen LogP contribution in [0.15, 0.2) is 59.6 Å². The Hall–Kier alpha value is -3.30. The predicted molar refractivity (Wildman–Crippen MR) is 112 cm³/mol. The number of nitrogens with one attached hydrogen (secondary N) is 1. The van der Waals surface area contributed by atoms with Crippen molar-refractivity contribution < 1.29 is 22.7 Å². The molecule has 1 N–H and O–H groups in total. The van der Waals surface area contributed by atoms with Gasteiger partial charge in [0.1, 0.15) is 11.5 Å². The number of amides is 1. The molecule has 0 aliphatic carbocycles. The number of carbonyl (C=O) groups is 1. The Morgan fingerprint density at radius 1 is 1.13 bits per heavy atom. The van der Waals surface area contributed by atoms with Crippen molar-refractivity contribution in [3.05, 3.63) is 65.3 Å². The summed E-state index contributed by atoms with van der Waals surface area (Å²) in [6, 6.07) is 12.0. The summed E-state index contributed by atoms with van der Waals surface area (Å²) in [5.74, 6) is 0.962. The fourth-order valence-corrected chi connectivity index (χ4v) is 4.32. The summed E-state index contributed by atoms with van der Waals surface area (Å²) >= 11 is 6.06. The van der Waals surface area contributed by atoms with Crippen LogP contribution in [0.3, 0.4) is 0 Å². The van der Waals surface area contributed by atoms with Crippen LogP contribution in [-0.4, -0.2) is 33.5 Å². The zero-order valence-electron chi connectivity index (χ0n) is 15.9. The molecule has 8 nitrogen and oxygen atoms in total. The van der Waals surface area contributed by atoms with E-state index in [0.29, 0.717) is 17.3 Å². The molecule has 0 fully saturated rings. The van der Waals surface area contributed by atoms with Crippen molar-refractivity contribution in [3.8, 4) is 17.2 Å². The fraction of sp³-hybridized carbons (Fsp3) is 0.100. The maximum Gasteiger partial charge on any atom is 0.263 e. The molecule has 2 aromatic carbocycles. The second-order valence-electron chi connectivity index (χ2n) is 6.40. The monoisotopic (exact) mass is 445 g/mol. The van der Waals surface area contributed by atoms with Gasteiger partial charge in [-0.05, 0) is 48.5 Å². The second-order valence-corrected chi connectivity index (χ2v) is 8.49. The van der Waals surface area contributed by atoms with Gasteiger partial charge in [-0.2, -0.15) is 0 Å². The molecule has 30 heavy (non-hydrogen) atoms. The highest BCUT2D eigenvalue weighted by Crippen LogP contribution is 2.37. The molecule has 1 aromatic heterocycles. The van der Waals surface area contributed by atoms with Gasteiger partial charge < -0.3 is 9.47 Å². The number of pyridine rings is 1. The lowest BCUT2D eigenvalue weighted by Gasteiger charge is -2.14. The summed E-state index contributed by atoms with van der Waals surface area (Å²) < 4.78 is 39.1. The molecule has 0 saturated heterocycles. The Morgan fingerprint density at radius 2 is 1.93 bits per heavy atom. The quantitative estimate of drug-likeness (QED) is 0.653. The number of benzene rings is 2. The first kappa shape index (κ1) is 20.0. The summed E-state index contributed by atoms with van der Waals surface area (Å²) in [5.41, 5.74) is 0.359. The highest BCUT2D eigenvalue weighted by Gasteiger charge is 2.28. The predicted octanol–water partition coefficient (Wildman–Crippen LogP) is 3.93. The smallest absolute Gasteiger partial charge is 0.263 e. The van der Waals surface area contributed by atoms with Crippen LogP contribution in [0.25, 0.3) is 0 Å². The van der Waals surface area contributed by atoms with E-state index in [0.717, 1.165) is 0 Å². The standard InChI is InChI=1S/C20H16ClN3O5S/c1-24-19-18(4-3-9-22-19)29-16-8-6-13(11-14(16)20(24)25)30(26,27)23-12-5-7-17(28-2)15(21)10-12/h3-11,23H,1-2H3. The van der Waals surface area contributed by atoms with Gasteiger partial charge in [-0.15, -0.1) is 0 Å². The average molecular weight is 446 g/mol. The fourth-order valence-electron chi connectivity index (χ4n) is 2.99. The largest absolute Gasteiger partial charge is 0.495 e. The molecule has 1 aliphatic rings. The van der Waals surface area contributed by atoms with Gasteiger partial charge in [0.15, 0.2) is 11.6 Å². The van der Waals surface area contributed by atoms with Gasteiger partial charge in [0.25, 0.3) is 15.9 Å². The number of nitrogens with zero attached hydrogens (tertiary/aromatic N) is 2. The highest BCUT2D eigenvalue weighted by molar-refractivity contribution is 7.92. The number of carbonyl (C=O) groups excluding carboxylic acids is 1. The van der Waals surface area contributed by atoms with Gasteiger partial charge in [-0.1, -0.05) is 11.6 Å². The van der Waals surface area contributed by atoms with E-state index >= 15 is 0 Å². The van der Waals surface area contributed by atoms with Gasteiger partial charge in [0, 0.05) is 13.2 Å². The Balaban J connectivity index is 1.70. The van der Waals surface area contributed by atoms with Crippen molar-refractivity contribution in [2.75, 3.05) is 23.8 Å². The van der Waals surface area contributed by atoms with Crippen LogP contribution in [-0.2, 0) is 10.0 Å². The van der Waals surface area contributed by atoms with Crippen LogP contribution < -0.4 is 19.1 Å². The molecule has 3 aromatic rings. The molecule has 154 valence electrons. The number of sulfonamides is 1. The van der Waals surface area contributed by atoms with Crippen molar-refractivity contribution in [1.29, 1.82) is 0 Å². The maximum atomic E-state index is 12.9. The molecule has 1 amide bonds. The molecular weight excluding hydrogens is 430 g/mol. The SMILES string of the molecule is COc1ccc(NS(=O)(=O)c2ccc3c(c2)C(=O)N(C)c2ncccc2O3)cc1Cl. The van der Waals surface area contributed by atoms with Crippen molar-refractivity contribution in [3.63, 3.8) is 0 Å². The van der Waals surface area contributed by atoms with E-state index < -0.39 is 15.9 Å². The minimum absolute atomic E-state index is 0.0996. The average Bonchev–Trinajstić information content (AvgIpc) is 2.83. The normalized spacial score (nSPS) is 13.0. The molecule has 0 atom stereocenters. The third kappa shape index (κ3) is 3.53. The van der Waals surface area contributed by atoms with E-state index in [1.54, 1.807) is 31.4 Å².